The van der Waals surface area contributed by atoms with E-state index in [4.69, 9.17) is 0 Å². The second-order valence-corrected chi connectivity index (χ2v) is 3.97. The molecule has 3 heteroatoms. The third-order valence-electron chi connectivity index (χ3n) is 1.61. The molecule has 0 spiro atoms. The smallest absolute Gasteiger partial charge is 0.106 e. The summed E-state index contributed by atoms with van der Waals surface area (Å²) in [6.07, 6.45) is -0.454. The lowest BCUT2D eigenvalue weighted by Crippen LogP contribution is -2.05. The topological polar surface area (TPSA) is 0 Å². The number of hydrogen-bond donors (Lipinski definition) is 0. The maximum Gasteiger partial charge on any atom is 0.106 e. The van der Waals surface area contributed by atoms with E-state index in [1.54, 1.807) is 0 Å². The molecule has 0 N–H and O–H groups in total. The first kappa shape index (κ1) is 9.73. The van der Waals surface area contributed by atoms with Crippen LogP contribution in [0.5, 0.6) is 0 Å². The largest absolute Gasteiger partial charge is 0.251 e. The number of hydrogen-bond acceptors (Lipinski definition) is 0. The van der Waals surface area contributed by atoms with E-state index in [1.807, 2.05) is 24.3 Å². The SMILES string of the molecule is FCCC(F)CPc1cc[cH-]c1. The first-order valence-electron chi connectivity index (χ1n) is 3.98. The summed E-state index contributed by atoms with van der Waals surface area (Å²) >= 11 is 0. The van der Waals surface area contributed by atoms with E-state index in [-0.39, 0.29) is 6.42 Å². The summed E-state index contributed by atoms with van der Waals surface area (Å²) in [7, 11) is 0.477. The zero-order valence-electron chi connectivity index (χ0n) is 6.76. The van der Waals surface area contributed by atoms with Crippen LogP contribution in [0.2, 0.25) is 0 Å². The van der Waals surface area contributed by atoms with Gasteiger partial charge >= 0.3 is 0 Å². The van der Waals surface area contributed by atoms with E-state index >= 15 is 0 Å². The van der Waals surface area contributed by atoms with Crippen LogP contribution in [0, 0.1) is 0 Å². The van der Waals surface area contributed by atoms with Crippen LogP contribution in [0.1, 0.15) is 6.42 Å². The van der Waals surface area contributed by atoms with Gasteiger partial charge in [-0.1, -0.05) is 0 Å². The highest BCUT2D eigenvalue weighted by atomic mass is 31.1. The normalized spacial score (nSPS) is 14.2. The van der Waals surface area contributed by atoms with Gasteiger partial charge in [-0.05, 0) is 6.16 Å². The van der Waals surface area contributed by atoms with Crippen molar-refractivity contribution in [2.24, 2.45) is 0 Å². The summed E-state index contributed by atoms with van der Waals surface area (Å²) in [5.74, 6) is 0. The monoisotopic (exact) mass is 189 g/mol. The van der Waals surface area contributed by atoms with Crippen molar-refractivity contribution < 1.29 is 8.78 Å². The van der Waals surface area contributed by atoms with Crippen LogP contribution in [0.25, 0.3) is 0 Å². The van der Waals surface area contributed by atoms with E-state index in [1.165, 1.54) is 0 Å². The summed E-state index contributed by atoms with van der Waals surface area (Å²) < 4.78 is 24.4. The zero-order valence-corrected chi connectivity index (χ0v) is 7.76. The van der Waals surface area contributed by atoms with Gasteiger partial charge in [0.1, 0.15) is 6.17 Å². The lowest BCUT2D eigenvalue weighted by Gasteiger charge is -2.07. The molecule has 0 aliphatic carbocycles. The molecule has 0 aromatic heterocycles. The molecule has 1 rings (SSSR count). The van der Waals surface area contributed by atoms with Crippen LogP contribution in [0.4, 0.5) is 8.78 Å². The van der Waals surface area contributed by atoms with Gasteiger partial charge in [-0.25, -0.2) is 10.5 Å². The van der Waals surface area contributed by atoms with E-state index < -0.39 is 12.8 Å². The third-order valence-corrected chi connectivity index (χ3v) is 3.00. The molecule has 0 bridgehead atoms. The molecule has 1 aromatic carbocycles. The van der Waals surface area contributed by atoms with Crippen molar-refractivity contribution in [3.8, 4) is 0 Å². The fraction of sp³-hybridized carbons (Fsp3) is 0.444. The minimum absolute atomic E-state index is 0.0493. The van der Waals surface area contributed by atoms with Gasteiger partial charge in [0.05, 0.1) is 6.67 Å². The number of alkyl halides is 2. The van der Waals surface area contributed by atoms with Crippen LogP contribution in [-0.4, -0.2) is 19.0 Å². The van der Waals surface area contributed by atoms with Gasteiger partial charge in [0.25, 0.3) is 0 Å². The molecule has 0 aliphatic heterocycles. The molecular formula is C9H12F2P-. The van der Waals surface area contributed by atoms with Crippen molar-refractivity contribution in [3.63, 3.8) is 0 Å². The second-order valence-electron chi connectivity index (χ2n) is 2.63. The predicted octanol–water partition coefficient (Wildman–Crippen LogP) is 2.41. The van der Waals surface area contributed by atoms with E-state index in [0.717, 1.165) is 5.30 Å². The minimum Gasteiger partial charge on any atom is -0.251 e. The van der Waals surface area contributed by atoms with Crippen molar-refractivity contribution in [3.05, 3.63) is 24.3 Å². The molecule has 0 nitrogen and oxygen atoms in total. The van der Waals surface area contributed by atoms with Crippen molar-refractivity contribution in [2.75, 3.05) is 12.8 Å². The molecule has 0 fully saturated rings. The Hall–Kier alpha value is -0.360. The lowest BCUT2D eigenvalue weighted by molar-refractivity contribution is 0.309. The van der Waals surface area contributed by atoms with Crippen LogP contribution < -0.4 is 5.30 Å². The Morgan fingerprint density at radius 2 is 2.42 bits per heavy atom. The summed E-state index contributed by atoms with van der Waals surface area (Å²) in [4.78, 5) is 0. The Kier molecular flexibility index (Phi) is 4.31. The van der Waals surface area contributed by atoms with Gasteiger partial charge < -0.3 is 0 Å². The number of rotatable bonds is 5. The lowest BCUT2D eigenvalue weighted by atomic mass is 10.3. The summed E-state index contributed by atoms with van der Waals surface area (Å²) in [6, 6.07) is 7.82. The first-order chi connectivity index (χ1) is 5.83. The molecule has 2 atom stereocenters. The minimum atomic E-state index is -0.969. The Morgan fingerprint density at radius 3 is 3.00 bits per heavy atom. The molecular weight excluding hydrogens is 177 g/mol. The molecule has 0 aliphatic rings. The van der Waals surface area contributed by atoms with Crippen LogP contribution in [-0.2, 0) is 0 Å². The summed E-state index contributed by atoms with van der Waals surface area (Å²) in [6.45, 7) is -0.549. The molecule has 0 amide bonds. The maximum absolute atomic E-state index is 12.8. The molecule has 0 radical (unpaired) electrons. The summed E-state index contributed by atoms with van der Waals surface area (Å²) in [5.41, 5.74) is 0. The van der Waals surface area contributed by atoms with Crippen LogP contribution in [0.3, 0.4) is 0 Å². The van der Waals surface area contributed by atoms with Crippen molar-refractivity contribution in [1.82, 2.24) is 0 Å². The van der Waals surface area contributed by atoms with Crippen molar-refractivity contribution in [2.45, 2.75) is 12.6 Å². The maximum atomic E-state index is 12.8. The Morgan fingerprint density at radius 1 is 1.58 bits per heavy atom. The van der Waals surface area contributed by atoms with E-state index in [0.29, 0.717) is 14.7 Å². The Balaban J connectivity index is 2.17. The fourth-order valence-corrected chi connectivity index (χ4v) is 2.03. The van der Waals surface area contributed by atoms with E-state index in [2.05, 4.69) is 0 Å². The van der Waals surface area contributed by atoms with E-state index in [9.17, 15) is 8.78 Å². The second kappa shape index (κ2) is 5.31. The molecule has 0 saturated heterocycles. The average Bonchev–Trinajstić information content (AvgIpc) is 2.53. The van der Waals surface area contributed by atoms with Gasteiger partial charge in [0.2, 0.25) is 0 Å². The molecule has 12 heavy (non-hydrogen) atoms. The van der Waals surface area contributed by atoms with Gasteiger partial charge in [0, 0.05) is 6.42 Å². The Bertz CT molecular complexity index is 196. The van der Waals surface area contributed by atoms with Gasteiger partial charge in [-0.2, -0.15) is 32.1 Å². The summed E-state index contributed by atoms with van der Waals surface area (Å²) in [5, 5.41) is 1.16. The van der Waals surface area contributed by atoms with Gasteiger partial charge in [0.15, 0.2) is 0 Å². The third kappa shape index (κ3) is 3.36. The predicted molar refractivity (Wildman–Crippen MR) is 50.3 cm³/mol. The van der Waals surface area contributed by atoms with Crippen molar-refractivity contribution >= 4 is 13.9 Å². The number of halogens is 2. The molecule has 1 aromatic rings. The standard InChI is InChI=1S/C9H12F2P/c10-6-5-8(11)7-12-9-3-1-2-4-9/h1-4,8,12H,5-7H2/q-1. The molecule has 68 valence electrons. The van der Waals surface area contributed by atoms with Gasteiger partial charge in [-0.3, -0.25) is 4.39 Å². The quantitative estimate of drug-likeness (QED) is 0.493. The van der Waals surface area contributed by atoms with Crippen LogP contribution in [0.15, 0.2) is 24.3 Å². The molecule has 0 heterocycles. The molecule has 2 unspecified atom stereocenters. The first-order valence-corrected chi connectivity index (χ1v) is 5.19. The molecule has 0 saturated carbocycles. The highest BCUT2D eigenvalue weighted by Crippen LogP contribution is 2.15. The average molecular weight is 189 g/mol. The Labute approximate surface area is 73.1 Å². The fourth-order valence-electron chi connectivity index (χ4n) is 0.941. The van der Waals surface area contributed by atoms with Crippen LogP contribution >= 0.6 is 8.58 Å². The highest BCUT2D eigenvalue weighted by molar-refractivity contribution is 7.47. The van der Waals surface area contributed by atoms with Crippen molar-refractivity contribution in [1.29, 1.82) is 0 Å². The zero-order chi connectivity index (χ0) is 8.81. The highest BCUT2D eigenvalue weighted by Gasteiger charge is 2.03. The van der Waals surface area contributed by atoms with Gasteiger partial charge in [-0.15, -0.1) is 0 Å².